The van der Waals surface area contributed by atoms with E-state index < -0.39 is 5.97 Å². The molecule has 146 valence electrons. The summed E-state index contributed by atoms with van der Waals surface area (Å²) in [5.41, 5.74) is 2.53. The number of carboxylic acids is 1. The molecule has 1 saturated heterocycles. The van der Waals surface area contributed by atoms with Crippen LogP contribution in [0, 0.1) is 6.92 Å². The zero-order valence-corrected chi connectivity index (χ0v) is 15.9. The second-order valence-electron chi connectivity index (χ2n) is 7.21. The number of aryl methyl sites for hydroxylation is 1. The molecule has 1 fully saturated rings. The number of carbonyl (C=O) groups excluding carboxylic acids is 1. The highest BCUT2D eigenvalue weighted by Crippen LogP contribution is 2.37. The summed E-state index contributed by atoms with van der Waals surface area (Å²) < 4.78 is 5.79. The first-order valence-electron chi connectivity index (χ1n) is 9.58. The van der Waals surface area contributed by atoms with Gasteiger partial charge in [-0.1, -0.05) is 0 Å². The summed E-state index contributed by atoms with van der Waals surface area (Å²) >= 11 is 0. The average Bonchev–Trinajstić information content (AvgIpc) is 2.73. The number of rotatable bonds is 3. The maximum Gasteiger partial charge on any atom is 0.335 e. The van der Waals surface area contributed by atoms with Crippen LogP contribution in [0.15, 0.2) is 30.5 Å². The van der Waals surface area contributed by atoms with Crippen LogP contribution in [0.1, 0.15) is 45.5 Å². The highest BCUT2D eigenvalue weighted by molar-refractivity contribution is 5.95. The van der Waals surface area contributed by atoms with Gasteiger partial charge in [0, 0.05) is 25.0 Å². The van der Waals surface area contributed by atoms with Gasteiger partial charge < -0.3 is 19.6 Å². The van der Waals surface area contributed by atoms with Crippen molar-refractivity contribution in [2.75, 3.05) is 31.1 Å². The number of anilines is 2. The van der Waals surface area contributed by atoms with Crippen LogP contribution in [0.3, 0.4) is 0 Å². The molecular formula is C21H23N3O4. The zero-order valence-electron chi connectivity index (χ0n) is 15.9. The van der Waals surface area contributed by atoms with Crippen molar-refractivity contribution in [1.82, 2.24) is 9.88 Å². The molecule has 1 amide bonds. The van der Waals surface area contributed by atoms with Gasteiger partial charge in [0.15, 0.2) is 11.6 Å². The second-order valence-corrected chi connectivity index (χ2v) is 7.21. The lowest BCUT2D eigenvalue weighted by Gasteiger charge is -2.32. The number of aromatic carboxylic acids is 1. The van der Waals surface area contributed by atoms with Gasteiger partial charge in [-0.15, -0.1) is 0 Å². The van der Waals surface area contributed by atoms with Crippen LogP contribution in [0.2, 0.25) is 0 Å². The van der Waals surface area contributed by atoms with Crippen molar-refractivity contribution < 1.29 is 19.4 Å². The van der Waals surface area contributed by atoms with Crippen molar-refractivity contribution in [3.8, 4) is 5.75 Å². The molecule has 0 unspecified atom stereocenters. The number of nitrogens with zero attached hydrogens (tertiary/aromatic N) is 3. The lowest BCUT2D eigenvalue weighted by atomic mass is 10.1. The number of pyridine rings is 1. The summed E-state index contributed by atoms with van der Waals surface area (Å²) in [4.78, 5) is 32.4. The van der Waals surface area contributed by atoms with E-state index >= 15 is 0 Å². The molecule has 0 radical (unpaired) electrons. The lowest BCUT2D eigenvalue weighted by Crippen LogP contribution is -2.36. The fraction of sp³-hybridized carbons (Fsp3) is 0.381. The number of likely N-dealkylation sites (tertiary alicyclic amines) is 1. The zero-order chi connectivity index (χ0) is 19.7. The van der Waals surface area contributed by atoms with E-state index in [-0.39, 0.29) is 11.5 Å². The van der Waals surface area contributed by atoms with E-state index in [4.69, 9.17) is 4.74 Å². The molecule has 2 aliphatic rings. The van der Waals surface area contributed by atoms with E-state index in [1.807, 2.05) is 16.7 Å². The Morgan fingerprint density at radius 3 is 2.57 bits per heavy atom. The number of carbonyl (C=O) groups is 2. The Labute approximate surface area is 163 Å². The molecule has 0 aliphatic carbocycles. The number of aromatic nitrogens is 1. The SMILES string of the molecule is Cc1cc(C(=O)O)ccc1N1CCOc2cc(C(=O)N3CCCCC3)cnc21. The third-order valence-electron chi connectivity index (χ3n) is 5.29. The van der Waals surface area contributed by atoms with Crippen LogP contribution in [0.25, 0.3) is 0 Å². The predicted octanol–water partition coefficient (Wildman–Crippen LogP) is 3.24. The van der Waals surface area contributed by atoms with Crippen LogP contribution in [-0.4, -0.2) is 53.1 Å². The smallest absolute Gasteiger partial charge is 0.335 e. The first-order valence-corrected chi connectivity index (χ1v) is 9.58. The Morgan fingerprint density at radius 1 is 1.07 bits per heavy atom. The van der Waals surface area contributed by atoms with Crippen molar-refractivity contribution in [2.45, 2.75) is 26.2 Å². The quantitative estimate of drug-likeness (QED) is 0.879. The molecule has 3 heterocycles. The minimum atomic E-state index is -0.948. The van der Waals surface area contributed by atoms with E-state index in [9.17, 15) is 14.7 Å². The van der Waals surface area contributed by atoms with E-state index in [2.05, 4.69) is 4.98 Å². The Balaban J connectivity index is 1.63. The molecule has 1 aromatic carbocycles. The molecule has 1 aromatic heterocycles. The van der Waals surface area contributed by atoms with Crippen molar-refractivity contribution in [2.24, 2.45) is 0 Å². The van der Waals surface area contributed by atoms with Gasteiger partial charge in [-0.05, 0) is 56.0 Å². The summed E-state index contributed by atoms with van der Waals surface area (Å²) in [6.45, 7) is 4.53. The van der Waals surface area contributed by atoms with Crippen LogP contribution >= 0.6 is 0 Å². The van der Waals surface area contributed by atoms with Gasteiger partial charge in [-0.2, -0.15) is 0 Å². The third-order valence-corrected chi connectivity index (χ3v) is 5.29. The van der Waals surface area contributed by atoms with Crippen LogP contribution < -0.4 is 9.64 Å². The molecule has 0 atom stereocenters. The minimum Gasteiger partial charge on any atom is -0.488 e. The molecule has 28 heavy (non-hydrogen) atoms. The van der Waals surface area contributed by atoms with E-state index in [1.165, 1.54) is 6.42 Å². The van der Waals surface area contributed by atoms with E-state index in [0.717, 1.165) is 37.2 Å². The third kappa shape index (κ3) is 3.40. The van der Waals surface area contributed by atoms with Crippen LogP contribution in [0.5, 0.6) is 5.75 Å². The number of hydrogen-bond donors (Lipinski definition) is 1. The predicted molar refractivity (Wildman–Crippen MR) is 105 cm³/mol. The fourth-order valence-corrected chi connectivity index (χ4v) is 3.82. The van der Waals surface area contributed by atoms with Crippen molar-refractivity contribution in [1.29, 1.82) is 0 Å². The molecule has 4 rings (SSSR count). The Bertz CT molecular complexity index is 922. The lowest BCUT2D eigenvalue weighted by molar-refractivity contribution is 0.0694. The average molecular weight is 381 g/mol. The fourth-order valence-electron chi connectivity index (χ4n) is 3.82. The highest BCUT2D eigenvalue weighted by atomic mass is 16.5. The van der Waals surface area contributed by atoms with E-state index in [0.29, 0.717) is 30.3 Å². The van der Waals surface area contributed by atoms with E-state index in [1.54, 1.807) is 30.5 Å². The van der Waals surface area contributed by atoms with Gasteiger partial charge in [0.05, 0.1) is 17.7 Å². The normalized spacial score (nSPS) is 16.3. The summed E-state index contributed by atoms with van der Waals surface area (Å²) in [5.74, 6) is 0.275. The Morgan fingerprint density at radius 2 is 1.86 bits per heavy atom. The number of hydrogen-bond acceptors (Lipinski definition) is 5. The Hall–Kier alpha value is -3.09. The topological polar surface area (TPSA) is 83.0 Å². The Kier molecular flexibility index (Phi) is 4.90. The molecule has 0 spiro atoms. The highest BCUT2D eigenvalue weighted by Gasteiger charge is 2.26. The molecule has 7 heteroatoms. The summed E-state index contributed by atoms with van der Waals surface area (Å²) in [5, 5.41) is 9.18. The van der Waals surface area contributed by atoms with Crippen LogP contribution in [0.4, 0.5) is 11.5 Å². The van der Waals surface area contributed by atoms with Crippen LogP contribution in [-0.2, 0) is 0 Å². The maximum atomic E-state index is 12.8. The number of piperidine rings is 1. The monoisotopic (exact) mass is 381 g/mol. The number of fused-ring (bicyclic) bond motifs is 1. The van der Waals surface area contributed by atoms with Crippen molar-refractivity contribution in [3.05, 3.63) is 47.2 Å². The first kappa shape index (κ1) is 18.3. The van der Waals surface area contributed by atoms with Gasteiger partial charge in [-0.3, -0.25) is 4.79 Å². The molecule has 1 N–H and O–H groups in total. The molecule has 0 saturated carbocycles. The second kappa shape index (κ2) is 7.50. The standard InChI is InChI=1S/C21H23N3O4/c1-14-11-15(21(26)27)5-6-17(14)24-9-10-28-18-12-16(13-22-19(18)24)20(25)23-7-3-2-4-8-23/h5-6,11-13H,2-4,7-10H2,1H3,(H,26,27). The molecule has 7 nitrogen and oxygen atoms in total. The minimum absolute atomic E-state index is 0.00212. The van der Waals surface area contributed by atoms with Crippen molar-refractivity contribution >= 4 is 23.4 Å². The first-order chi connectivity index (χ1) is 13.5. The van der Waals surface area contributed by atoms with Gasteiger partial charge in [-0.25, -0.2) is 9.78 Å². The summed E-state index contributed by atoms with van der Waals surface area (Å²) in [6.07, 6.45) is 4.86. The number of amides is 1. The van der Waals surface area contributed by atoms with Crippen molar-refractivity contribution in [3.63, 3.8) is 0 Å². The molecule has 0 bridgehead atoms. The van der Waals surface area contributed by atoms with Gasteiger partial charge >= 0.3 is 5.97 Å². The number of ether oxygens (including phenoxy) is 1. The van der Waals surface area contributed by atoms with Gasteiger partial charge in [0.1, 0.15) is 6.61 Å². The number of carboxylic acid groups (broad SMARTS) is 1. The number of benzene rings is 1. The molecular weight excluding hydrogens is 358 g/mol. The van der Waals surface area contributed by atoms with Gasteiger partial charge in [0.2, 0.25) is 0 Å². The summed E-state index contributed by atoms with van der Waals surface area (Å²) in [6, 6.07) is 6.81. The van der Waals surface area contributed by atoms with Gasteiger partial charge in [0.25, 0.3) is 5.91 Å². The maximum absolute atomic E-state index is 12.8. The largest absolute Gasteiger partial charge is 0.488 e. The molecule has 2 aromatic rings. The molecule has 2 aliphatic heterocycles. The summed E-state index contributed by atoms with van der Waals surface area (Å²) in [7, 11) is 0.